The Kier molecular flexibility index (Phi) is 3.37. The first kappa shape index (κ1) is 11.8. The third-order valence-electron chi connectivity index (χ3n) is 4.17. The lowest BCUT2D eigenvalue weighted by Gasteiger charge is -2.23. The summed E-state index contributed by atoms with van der Waals surface area (Å²) in [5.41, 5.74) is 1.07. The number of fused-ring (bicyclic) bond motifs is 2. The molecule has 1 heterocycles. The molecule has 0 aliphatic heterocycles. The summed E-state index contributed by atoms with van der Waals surface area (Å²) in [6.45, 7) is 0.318. The van der Waals surface area contributed by atoms with Crippen molar-refractivity contribution in [1.29, 1.82) is 0 Å². The molecule has 2 saturated carbocycles. The van der Waals surface area contributed by atoms with E-state index in [0.29, 0.717) is 18.5 Å². The molecule has 2 N–H and O–H groups in total. The summed E-state index contributed by atoms with van der Waals surface area (Å²) in [5.74, 6) is 2.38. The van der Waals surface area contributed by atoms with E-state index in [9.17, 15) is 0 Å². The first-order chi connectivity index (χ1) is 8.85. The predicted octanol–water partition coefficient (Wildman–Crippen LogP) is 2.05. The molecular weight excluding hydrogens is 228 g/mol. The van der Waals surface area contributed by atoms with Gasteiger partial charge in [-0.3, -0.25) is 0 Å². The molecule has 0 saturated heterocycles. The minimum absolute atomic E-state index is 0.0207. The number of aliphatic hydroxyl groups excluding tert-OH is 1. The molecular formula is C14H20N2O2. The summed E-state index contributed by atoms with van der Waals surface area (Å²) in [7, 11) is 0. The first-order valence-electron chi connectivity index (χ1n) is 6.81. The molecule has 2 bridgehead atoms. The maximum absolute atomic E-state index is 8.67. The van der Waals surface area contributed by atoms with Gasteiger partial charge in [-0.2, -0.15) is 0 Å². The maximum Gasteiger partial charge on any atom is 0.213 e. The Morgan fingerprint density at radius 3 is 2.89 bits per heavy atom. The highest BCUT2D eigenvalue weighted by Gasteiger charge is 2.39. The highest BCUT2D eigenvalue weighted by Crippen LogP contribution is 2.45. The predicted molar refractivity (Wildman–Crippen MR) is 69.7 cm³/mol. The Balaban J connectivity index is 1.56. The number of anilines is 1. The fraction of sp³-hybridized carbons (Fsp3) is 0.643. The molecule has 3 unspecified atom stereocenters. The fourth-order valence-electron chi connectivity index (χ4n) is 3.34. The highest BCUT2D eigenvalue weighted by molar-refractivity contribution is 5.43. The van der Waals surface area contributed by atoms with Crippen LogP contribution in [0.1, 0.15) is 25.7 Å². The molecule has 0 radical (unpaired) electrons. The summed E-state index contributed by atoms with van der Waals surface area (Å²) >= 11 is 0. The summed E-state index contributed by atoms with van der Waals surface area (Å²) in [4.78, 5) is 4.22. The second kappa shape index (κ2) is 5.14. The van der Waals surface area contributed by atoms with Crippen LogP contribution >= 0.6 is 0 Å². The topological polar surface area (TPSA) is 54.4 Å². The normalized spacial score (nSPS) is 29.5. The van der Waals surface area contributed by atoms with Crippen molar-refractivity contribution < 1.29 is 9.84 Å². The Morgan fingerprint density at radius 1 is 1.33 bits per heavy atom. The van der Waals surface area contributed by atoms with E-state index in [2.05, 4.69) is 10.3 Å². The van der Waals surface area contributed by atoms with Gasteiger partial charge in [-0.1, -0.05) is 6.42 Å². The van der Waals surface area contributed by atoms with Crippen LogP contribution in [0.25, 0.3) is 0 Å². The number of nitrogens with one attached hydrogen (secondary N) is 1. The summed E-state index contributed by atoms with van der Waals surface area (Å²) in [5, 5.41) is 12.3. The number of pyridine rings is 1. The van der Waals surface area contributed by atoms with Crippen molar-refractivity contribution in [3.63, 3.8) is 0 Å². The second-order valence-electron chi connectivity index (χ2n) is 5.38. The van der Waals surface area contributed by atoms with Crippen LogP contribution in [-0.2, 0) is 0 Å². The molecule has 1 aromatic heterocycles. The third kappa shape index (κ3) is 2.43. The van der Waals surface area contributed by atoms with E-state index in [-0.39, 0.29) is 6.61 Å². The van der Waals surface area contributed by atoms with Gasteiger partial charge in [0.05, 0.1) is 18.5 Å². The second-order valence-corrected chi connectivity index (χ2v) is 5.38. The summed E-state index contributed by atoms with van der Waals surface area (Å²) in [6.07, 6.45) is 7.34. The van der Waals surface area contributed by atoms with Gasteiger partial charge in [0.25, 0.3) is 0 Å². The smallest absolute Gasteiger partial charge is 0.213 e. The van der Waals surface area contributed by atoms with Gasteiger partial charge >= 0.3 is 0 Å². The highest BCUT2D eigenvalue weighted by atomic mass is 16.5. The lowest BCUT2D eigenvalue weighted by atomic mass is 9.95. The molecule has 2 aliphatic rings. The standard InChI is InChI=1S/C14H20N2O2/c17-5-6-18-14-4-3-12(9-15-14)16-13-8-10-1-2-11(13)7-10/h3-4,9-11,13,16-17H,1-2,5-8H2. The van der Waals surface area contributed by atoms with E-state index < -0.39 is 0 Å². The summed E-state index contributed by atoms with van der Waals surface area (Å²) < 4.78 is 5.24. The average molecular weight is 248 g/mol. The lowest BCUT2D eigenvalue weighted by molar-refractivity contribution is 0.196. The number of ether oxygens (including phenoxy) is 1. The van der Waals surface area contributed by atoms with Gasteiger partial charge in [-0.25, -0.2) is 4.98 Å². The van der Waals surface area contributed by atoms with Crippen LogP contribution < -0.4 is 10.1 Å². The van der Waals surface area contributed by atoms with Crippen LogP contribution in [0.3, 0.4) is 0 Å². The first-order valence-corrected chi connectivity index (χ1v) is 6.81. The van der Waals surface area contributed by atoms with Crippen LogP contribution in [0, 0.1) is 11.8 Å². The van der Waals surface area contributed by atoms with Crippen molar-refractivity contribution in [1.82, 2.24) is 4.98 Å². The fourth-order valence-corrected chi connectivity index (χ4v) is 3.34. The van der Waals surface area contributed by atoms with E-state index in [1.165, 1.54) is 25.7 Å². The Labute approximate surface area is 107 Å². The minimum Gasteiger partial charge on any atom is -0.475 e. The zero-order valence-electron chi connectivity index (χ0n) is 10.5. The van der Waals surface area contributed by atoms with Crippen LogP contribution in [0.5, 0.6) is 5.88 Å². The van der Waals surface area contributed by atoms with Crippen molar-refractivity contribution in [2.24, 2.45) is 11.8 Å². The van der Waals surface area contributed by atoms with Gasteiger partial charge in [-0.05, 0) is 37.2 Å². The summed E-state index contributed by atoms with van der Waals surface area (Å²) in [6, 6.07) is 4.49. The van der Waals surface area contributed by atoms with Crippen LogP contribution in [-0.4, -0.2) is 29.3 Å². The zero-order valence-corrected chi connectivity index (χ0v) is 10.5. The van der Waals surface area contributed by atoms with E-state index in [1.807, 2.05) is 18.3 Å². The monoisotopic (exact) mass is 248 g/mol. The average Bonchev–Trinajstić information content (AvgIpc) is 3.00. The van der Waals surface area contributed by atoms with Crippen molar-refractivity contribution in [2.45, 2.75) is 31.7 Å². The minimum atomic E-state index is 0.0207. The number of nitrogens with zero attached hydrogens (tertiary/aromatic N) is 1. The van der Waals surface area contributed by atoms with Gasteiger partial charge in [0.1, 0.15) is 6.61 Å². The van der Waals surface area contributed by atoms with E-state index in [4.69, 9.17) is 9.84 Å². The molecule has 4 heteroatoms. The largest absolute Gasteiger partial charge is 0.475 e. The quantitative estimate of drug-likeness (QED) is 0.837. The number of hydrogen-bond donors (Lipinski definition) is 2. The molecule has 3 rings (SSSR count). The maximum atomic E-state index is 8.67. The molecule has 4 nitrogen and oxygen atoms in total. The van der Waals surface area contributed by atoms with Gasteiger partial charge < -0.3 is 15.2 Å². The van der Waals surface area contributed by atoms with E-state index >= 15 is 0 Å². The molecule has 2 fully saturated rings. The molecule has 1 aromatic rings. The van der Waals surface area contributed by atoms with Crippen LogP contribution in [0.2, 0.25) is 0 Å². The molecule has 98 valence electrons. The number of aliphatic hydroxyl groups is 1. The zero-order chi connectivity index (χ0) is 12.4. The van der Waals surface area contributed by atoms with Gasteiger partial charge in [0.2, 0.25) is 5.88 Å². The van der Waals surface area contributed by atoms with Crippen molar-refractivity contribution >= 4 is 5.69 Å². The Bertz CT molecular complexity index is 393. The molecule has 0 aromatic carbocycles. The molecule has 18 heavy (non-hydrogen) atoms. The lowest BCUT2D eigenvalue weighted by Crippen LogP contribution is -2.25. The molecule has 0 amide bonds. The number of rotatable bonds is 5. The molecule has 2 aliphatic carbocycles. The number of hydrogen-bond acceptors (Lipinski definition) is 4. The Hall–Kier alpha value is -1.29. The van der Waals surface area contributed by atoms with Gasteiger partial charge in [-0.15, -0.1) is 0 Å². The van der Waals surface area contributed by atoms with Crippen molar-refractivity contribution in [3.05, 3.63) is 18.3 Å². The van der Waals surface area contributed by atoms with Crippen molar-refractivity contribution in [3.8, 4) is 5.88 Å². The molecule has 0 spiro atoms. The van der Waals surface area contributed by atoms with E-state index in [1.54, 1.807) is 0 Å². The molecule has 3 atom stereocenters. The van der Waals surface area contributed by atoms with Crippen LogP contribution in [0.4, 0.5) is 5.69 Å². The van der Waals surface area contributed by atoms with Crippen molar-refractivity contribution in [2.75, 3.05) is 18.5 Å². The van der Waals surface area contributed by atoms with E-state index in [0.717, 1.165) is 17.5 Å². The third-order valence-corrected chi connectivity index (χ3v) is 4.17. The van der Waals surface area contributed by atoms with Gasteiger partial charge in [0, 0.05) is 12.1 Å². The Morgan fingerprint density at radius 2 is 2.28 bits per heavy atom. The number of aromatic nitrogens is 1. The SMILES string of the molecule is OCCOc1ccc(NC2CC3CCC2C3)cn1. The van der Waals surface area contributed by atoms with Gasteiger partial charge in [0.15, 0.2) is 0 Å². The van der Waals surface area contributed by atoms with Crippen LogP contribution in [0.15, 0.2) is 18.3 Å².